The van der Waals surface area contributed by atoms with Gasteiger partial charge in [0.05, 0.1) is 17.4 Å². The first-order valence-corrected chi connectivity index (χ1v) is 10.5. The van der Waals surface area contributed by atoms with Crippen molar-refractivity contribution in [1.82, 2.24) is 9.97 Å². The van der Waals surface area contributed by atoms with Crippen molar-refractivity contribution in [3.63, 3.8) is 0 Å². The number of carbonyl (C=O) groups is 1. The molecule has 2 atom stereocenters. The lowest BCUT2D eigenvalue weighted by Gasteiger charge is -2.30. The normalized spacial score (nSPS) is 18.1. The van der Waals surface area contributed by atoms with E-state index < -0.39 is 23.4 Å². The maximum Gasteiger partial charge on any atom is 0.252 e. The molecule has 33 heavy (non-hydrogen) atoms. The lowest BCUT2D eigenvalue weighted by Crippen LogP contribution is -2.43. The van der Waals surface area contributed by atoms with E-state index in [0.29, 0.717) is 11.3 Å². The van der Waals surface area contributed by atoms with Crippen molar-refractivity contribution in [3.8, 4) is 11.1 Å². The molecular weight excluding hydrogens is 433 g/mol. The number of nitrogens with zero attached hydrogens (tertiary/aromatic N) is 2. The minimum Gasteiger partial charge on any atom is -0.365 e. The molecule has 0 radical (unpaired) electrons. The molecule has 0 bridgehead atoms. The summed E-state index contributed by atoms with van der Waals surface area (Å²) in [4.78, 5) is 20.2. The van der Waals surface area contributed by atoms with E-state index in [2.05, 4.69) is 20.6 Å². The number of anilines is 3. The van der Waals surface area contributed by atoms with E-state index in [0.717, 1.165) is 37.8 Å². The number of nitrogens with two attached hydrogens (primary N) is 2. The number of hydrogen-bond acceptors (Lipinski definition) is 6. The van der Waals surface area contributed by atoms with Gasteiger partial charge in [0.25, 0.3) is 5.91 Å². The summed E-state index contributed by atoms with van der Waals surface area (Å²) in [6.45, 7) is 0. The number of amides is 1. The molecule has 0 aliphatic heterocycles. The summed E-state index contributed by atoms with van der Waals surface area (Å²) in [7, 11) is 0. The van der Waals surface area contributed by atoms with Gasteiger partial charge in [0.1, 0.15) is 5.82 Å². The van der Waals surface area contributed by atoms with Crippen LogP contribution in [-0.2, 0) is 0 Å². The molecule has 1 aliphatic rings. The molecule has 4 rings (SSSR count). The number of carbonyl (C=O) groups excluding carboxylic acids is 1. The summed E-state index contributed by atoms with van der Waals surface area (Å²) < 4.78 is 42.5. The third-order valence-electron chi connectivity index (χ3n) is 5.65. The first kappa shape index (κ1) is 22.5. The molecule has 0 spiro atoms. The van der Waals surface area contributed by atoms with E-state index in [9.17, 15) is 18.0 Å². The summed E-state index contributed by atoms with van der Waals surface area (Å²) in [6.07, 6.45) is 6.34. The Morgan fingerprint density at radius 3 is 2.58 bits per heavy atom. The van der Waals surface area contributed by atoms with E-state index >= 15 is 0 Å². The molecule has 1 aliphatic carbocycles. The number of benzene rings is 1. The topological polar surface area (TPSA) is 119 Å². The van der Waals surface area contributed by atoms with Gasteiger partial charge in [0, 0.05) is 29.4 Å². The number of pyridine rings is 2. The van der Waals surface area contributed by atoms with Gasteiger partial charge in [-0.05, 0) is 31.0 Å². The molecule has 172 valence electrons. The van der Waals surface area contributed by atoms with Crippen molar-refractivity contribution in [1.29, 1.82) is 0 Å². The molecule has 1 saturated carbocycles. The Balaban J connectivity index is 1.67. The number of aromatic nitrogens is 2. The van der Waals surface area contributed by atoms with Crippen LogP contribution in [0.2, 0.25) is 0 Å². The zero-order valence-corrected chi connectivity index (χ0v) is 17.6. The smallest absolute Gasteiger partial charge is 0.252 e. The minimum atomic E-state index is -1.01. The molecule has 1 amide bonds. The van der Waals surface area contributed by atoms with Crippen LogP contribution in [0.3, 0.4) is 0 Å². The average molecular weight is 456 g/mol. The maximum atomic E-state index is 14.7. The lowest BCUT2D eigenvalue weighted by atomic mass is 9.91. The number of rotatable bonds is 6. The monoisotopic (exact) mass is 456 g/mol. The van der Waals surface area contributed by atoms with Crippen molar-refractivity contribution in [2.45, 2.75) is 37.8 Å². The van der Waals surface area contributed by atoms with Gasteiger partial charge in [-0.1, -0.05) is 25.0 Å². The van der Waals surface area contributed by atoms with Crippen LogP contribution >= 0.6 is 0 Å². The zero-order chi connectivity index (χ0) is 23.5. The van der Waals surface area contributed by atoms with Gasteiger partial charge in [-0.2, -0.15) is 0 Å². The van der Waals surface area contributed by atoms with Crippen LogP contribution in [0.15, 0.2) is 42.7 Å². The zero-order valence-electron chi connectivity index (χ0n) is 17.6. The van der Waals surface area contributed by atoms with Crippen LogP contribution in [0.4, 0.5) is 30.5 Å². The van der Waals surface area contributed by atoms with Crippen molar-refractivity contribution >= 4 is 23.2 Å². The standard InChI is InChI=1S/C23H23F3N6O/c24-16-5-3-4-14(20(16)26)12-8-13(11-29-10-12)30-22-15(21(28)33)9-17(25)23(32-22)31-19-7-2-1-6-18(19)27/h3-5,8-11,18-19H,1-2,6-7,27H2,(H2,28,33)(H2,30,31,32). The third kappa shape index (κ3) is 4.90. The van der Waals surface area contributed by atoms with E-state index in [-0.39, 0.29) is 34.8 Å². The number of hydrogen-bond donors (Lipinski definition) is 4. The number of primary amides is 1. The van der Waals surface area contributed by atoms with E-state index in [1.54, 1.807) is 0 Å². The Morgan fingerprint density at radius 1 is 1.03 bits per heavy atom. The molecule has 2 heterocycles. The van der Waals surface area contributed by atoms with Crippen LogP contribution < -0.4 is 22.1 Å². The molecule has 2 aromatic heterocycles. The molecule has 0 saturated heterocycles. The summed E-state index contributed by atoms with van der Waals surface area (Å²) in [5.41, 5.74) is 12.0. The van der Waals surface area contributed by atoms with Gasteiger partial charge in [-0.15, -0.1) is 0 Å². The summed E-state index contributed by atoms with van der Waals surface area (Å²) in [5.74, 6) is -3.69. The molecule has 7 nitrogen and oxygen atoms in total. The lowest BCUT2D eigenvalue weighted by molar-refractivity contribution is 0.100. The Hall–Kier alpha value is -3.66. The van der Waals surface area contributed by atoms with Gasteiger partial charge >= 0.3 is 0 Å². The molecule has 3 aromatic rings. The van der Waals surface area contributed by atoms with Crippen molar-refractivity contribution in [2.75, 3.05) is 10.6 Å². The SMILES string of the molecule is NC(=O)c1cc(F)c(NC2CCCCC2N)nc1Nc1cncc(-c2cccc(F)c2F)c1. The first-order valence-electron chi connectivity index (χ1n) is 10.5. The molecule has 1 aromatic carbocycles. The summed E-state index contributed by atoms with van der Waals surface area (Å²) in [5, 5.41) is 5.92. The van der Waals surface area contributed by atoms with Crippen LogP contribution in [0.25, 0.3) is 11.1 Å². The van der Waals surface area contributed by atoms with Gasteiger partial charge in [0.15, 0.2) is 23.3 Å². The predicted molar refractivity (Wildman–Crippen MR) is 119 cm³/mol. The average Bonchev–Trinajstić information content (AvgIpc) is 2.79. The quantitative estimate of drug-likeness (QED) is 0.444. The molecule has 6 N–H and O–H groups in total. The van der Waals surface area contributed by atoms with Gasteiger partial charge in [0.2, 0.25) is 0 Å². The highest BCUT2D eigenvalue weighted by molar-refractivity contribution is 5.98. The van der Waals surface area contributed by atoms with Crippen molar-refractivity contribution in [3.05, 3.63) is 65.7 Å². The minimum absolute atomic E-state index is 0.00514. The second-order valence-electron chi connectivity index (χ2n) is 7.97. The first-order chi connectivity index (χ1) is 15.8. The Kier molecular flexibility index (Phi) is 6.45. The van der Waals surface area contributed by atoms with E-state index in [4.69, 9.17) is 11.5 Å². The van der Waals surface area contributed by atoms with Gasteiger partial charge < -0.3 is 22.1 Å². The predicted octanol–water partition coefficient (Wildman–Crippen LogP) is 4.09. The van der Waals surface area contributed by atoms with Crippen LogP contribution in [-0.4, -0.2) is 28.0 Å². The Morgan fingerprint density at radius 2 is 1.82 bits per heavy atom. The molecule has 1 fully saturated rings. The Labute approximate surface area is 188 Å². The fourth-order valence-corrected chi connectivity index (χ4v) is 3.91. The fourth-order valence-electron chi connectivity index (χ4n) is 3.91. The molecular formula is C23H23F3N6O. The highest BCUT2D eigenvalue weighted by atomic mass is 19.2. The van der Waals surface area contributed by atoms with Crippen LogP contribution in [0.1, 0.15) is 36.0 Å². The van der Waals surface area contributed by atoms with E-state index in [1.165, 1.54) is 30.6 Å². The highest BCUT2D eigenvalue weighted by Gasteiger charge is 2.24. The largest absolute Gasteiger partial charge is 0.365 e. The van der Waals surface area contributed by atoms with Gasteiger partial charge in [-0.3, -0.25) is 9.78 Å². The second kappa shape index (κ2) is 9.45. The number of halogens is 3. The highest BCUT2D eigenvalue weighted by Crippen LogP contribution is 2.29. The fraction of sp³-hybridized carbons (Fsp3) is 0.261. The second-order valence-corrected chi connectivity index (χ2v) is 7.97. The van der Waals surface area contributed by atoms with E-state index in [1.807, 2.05) is 0 Å². The van der Waals surface area contributed by atoms with Crippen LogP contribution in [0, 0.1) is 17.5 Å². The third-order valence-corrected chi connectivity index (χ3v) is 5.65. The number of nitrogens with one attached hydrogen (secondary N) is 2. The summed E-state index contributed by atoms with van der Waals surface area (Å²) >= 11 is 0. The van der Waals surface area contributed by atoms with Crippen LogP contribution in [0.5, 0.6) is 0 Å². The van der Waals surface area contributed by atoms with Gasteiger partial charge in [-0.25, -0.2) is 18.2 Å². The molecule has 2 unspecified atom stereocenters. The molecule has 10 heteroatoms. The Bertz CT molecular complexity index is 1190. The van der Waals surface area contributed by atoms with Crippen molar-refractivity contribution < 1.29 is 18.0 Å². The van der Waals surface area contributed by atoms with Crippen molar-refractivity contribution in [2.24, 2.45) is 11.5 Å². The maximum absolute atomic E-state index is 14.7. The summed E-state index contributed by atoms with van der Waals surface area (Å²) in [6, 6.07) is 6.02.